The van der Waals surface area contributed by atoms with Gasteiger partial charge < -0.3 is 14.9 Å². The molecule has 0 aromatic carbocycles. The number of allylic oxidation sites excluding steroid dienone is 1. The van der Waals surface area contributed by atoms with Gasteiger partial charge in [-0.05, 0) is 26.3 Å². The molecule has 2 N–H and O–H groups in total. The van der Waals surface area contributed by atoms with Crippen molar-refractivity contribution in [2.24, 2.45) is 17.8 Å². The first-order valence-electron chi connectivity index (χ1n) is 7.39. The fraction of sp³-hybridized carbons (Fsp3) is 0.765. The Balaban J connectivity index is 4.89. The maximum Gasteiger partial charge on any atom is 0.0807 e. The first-order valence-corrected chi connectivity index (χ1v) is 7.39. The van der Waals surface area contributed by atoms with Crippen molar-refractivity contribution < 1.29 is 14.9 Å². The van der Waals surface area contributed by atoms with Crippen molar-refractivity contribution in [1.82, 2.24) is 0 Å². The standard InChI is InChI=1S/C17H32O3/c1-11(2)8-12(3)16(19)13(4)9-14(5)17(20-7)15(6)10-18/h8-9,12,14-19H,10H2,1-7H3/b13-9+/t12-,14-,15-,16+,17+/m0/s1. The van der Waals surface area contributed by atoms with Crippen molar-refractivity contribution >= 4 is 0 Å². The molecule has 0 fully saturated rings. The summed E-state index contributed by atoms with van der Waals surface area (Å²) in [4.78, 5) is 0. The number of ether oxygens (including phenoxy) is 1. The fourth-order valence-electron chi connectivity index (χ4n) is 2.71. The smallest absolute Gasteiger partial charge is 0.0807 e. The summed E-state index contributed by atoms with van der Waals surface area (Å²) in [6.07, 6.45) is 3.62. The van der Waals surface area contributed by atoms with E-state index in [1.165, 1.54) is 5.57 Å². The van der Waals surface area contributed by atoms with Crippen molar-refractivity contribution in [3.63, 3.8) is 0 Å². The third-order valence-corrected chi connectivity index (χ3v) is 3.73. The van der Waals surface area contributed by atoms with Gasteiger partial charge in [-0.25, -0.2) is 0 Å². The molecule has 20 heavy (non-hydrogen) atoms. The van der Waals surface area contributed by atoms with Crippen molar-refractivity contribution in [1.29, 1.82) is 0 Å². The topological polar surface area (TPSA) is 49.7 Å². The predicted molar refractivity (Wildman–Crippen MR) is 84.6 cm³/mol. The second-order valence-electron chi connectivity index (χ2n) is 6.18. The molecule has 0 aliphatic heterocycles. The zero-order valence-corrected chi connectivity index (χ0v) is 14.1. The van der Waals surface area contributed by atoms with Gasteiger partial charge in [0.05, 0.1) is 12.2 Å². The molecule has 3 heteroatoms. The lowest BCUT2D eigenvalue weighted by molar-refractivity contribution is 0.0101. The quantitative estimate of drug-likeness (QED) is 0.673. The molecule has 0 aliphatic rings. The first-order chi connectivity index (χ1) is 9.24. The van der Waals surface area contributed by atoms with Gasteiger partial charge in [-0.2, -0.15) is 0 Å². The van der Waals surface area contributed by atoms with E-state index in [1.54, 1.807) is 7.11 Å². The molecular weight excluding hydrogens is 252 g/mol. The van der Waals surface area contributed by atoms with Crippen molar-refractivity contribution in [3.8, 4) is 0 Å². The number of aliphatic hydroxyl groups is 2. The average molecular weight is 284 g/mol. The molecule has 0 radical (unpaired) electrons. The molecule has 0 rings (SSSR count). The molecule has 3 nitrogen and oxygen atoms in total. The summed E-state index contributed by atoms with van der Waals surface area (Å²) >= 11 is 0. The van der Waals surface area contributed by atoms with Crippen molar-refractivity contribution in [2.45, 2.75) is 53.8 Å². The molecule has 5 atom stereocenters. The lowest BCUT2D eigenvalue weighted by Crippen LogP contribution is -2.30. The second kappa shape index (κ2) is 9.32. The third-order valence-electron chi connectivity index (χ3n) is 3.73. The largest absolute Gasteiger partial charge is 0.396 e. The lowest BCUT2D eigenvalue weighted by atomic mass is 9.89. The second-order valence-corrected chi connectivity index (χ2v) is 6.18. The highest BCUT2D eigenvalue weighted by molar-refractivity contribution is 5.12. The Morgan fingerprint density at radius 2 is 1.60 bits per heavy atom. The fourth-order valence-corrected chi connectivity index (χ4v) is 2.71. The van der Waals surface area contributed by atoms with Crippen LogP contribution in [0.5, 0.6) is 0 Å². The van der Waals surface area contributed by atoms with Gasteiger partial charge in [0.15, 0.2) is 0 Å². The normalized spacial score (nSPS) is 19.9. The number of rotatable bonds is 8. The maximum absolute atomic E-state index is 10.3. The minimum atomic E-state index is -0.478. The van der Waals surface area contributed by atoms with Gasteiger partial charge in [0.1, 0.15) is 0 Å². The van der Waals surface area contributed by atoms with E-state index >= 15 is 0 Å². The molecule has 0 saturated heterocycles. The van der Waals surface area contributed by atoms with E-state index in [1.807, 2.05) is 34.6 Å². The Hall–Kier alpha value is -0.640. The van der Waals surface area contributed by atoms with Crippen LogP contribution >= 0.6 is 0 Å². The van der Waals surface area contributed by atoms with E-state index in [0.717, 1.165) is 5.57 Å². The summed E-state index contributed by atoms with van der Waals surface area (Å²) in [7, 11) is 1.67. The Morgan fingerprint density at radius 1 is 1.05 bits per heavy atom. The minimum absolute atomic E-state index is 0.0408. The molecule has 0 aromatic heterocycles. The van der Waals surface area contributed by atoms with E-state index in [0.29, 0.717) is 0 Å². The van der Waals surface area contributed by atoms with Crippen LogP contribution in [0.2, 0.25) is 0 Å². The van der Waals surface area contributed by atoms with Gasteiger partial charge in [-0.15, -0.1) is 0 Å². The summed E-state index contributed by atoms with van der Waals surface area (Å²) in [5.41, 5.74) is 2.16. The summed E-state index contributed by atoms with van der Waals surface area (Å²) in [5, 5.41) is 19.6. The van der Waals surface area contributed by atoms with Gasteiger partial charge in [-0.3, -0.25) is 0 Å². The molecule has 0 saturated carbocycles. The predicted octanol–water partition coefficient (Wildman–Crippen LogP) is 3.18. The van der Waals surface area contributed by atoms with Crippen LogP contribution in [0.1, 0.15) is 41.5 Å². The minimum Gasteiger partial charge on any atom is -0.396 e. The van der Waals surface area contributed by atoms with Gasteiger partial charge in [0.25, 0.3) is 0 Å². The molecule has 0 bridgehead atoms. The molecule has 0 aliphatic carbocycles. The van der Waals surface area contributed by atoms with Crippen LogP contribution in [-0.2, 0) is 4.74 Å². The number of methoxy groups -OCH3 is 1. The summed E-state index contributed by atoms with van der Waals surface area (Å²) in [5.74, 6) is 0.321. The van der Waals surface area contributed by atoms with Gasteiger partial charge >= 0.3 is 0 Å². The van der Waals surface area contributed by atoms with Crippen LogP contribution in [0.15, 0.2) is 23.3 Å². The highest BCUT2D eigenvalue weighted by atomic mass is 16.5. The molecule has 0 aromatic rings. The van der Waals surface area contributed by atoms with Gasteiger partial charge in [0, 0.05) is 31.5 Å². The van der Waals surface area contributed by atoms with Gasteiger partial charge in [0.2, 0.25) is 0 Å². The maximum atomic E-state index is 10.3. The van der Waals surface area contributed by atoms with Crippen LogP contribution in [0.25, 0.3) is 0 Å². The SMILES string of the molecule is CO[C@H]([C@@H](C)/C=C(\C)[C@H](O)[C@@H](C)C=C(C)C)[C@@H](C)CO. The Morgan fingerprint density at radius 3 is 2.00 bits per heavy atom. The van der Waals surface area contributed by atoms with Crippen molar-refractivity contribution in [3.05, 3.63) is 23.3 Å². The number of aliphatic hydroxyl groups excluding tert-OH is 2. The van der Waals surface area contributed by atoms with E-state index < -0.39 is 6.10 Å². The van der Waals surface area contributed by atoms with Crippen LogP contribution in [0, 0.1) is 17.8 Å². The Kier molecular flexibility index (Phi) is 9.03. The highest BCUT2D eigenvalue weighted by Gasteiger charge is 2.23. The summed E-state index contributed by atoms with van der Waals surface area (Å²) < 4.78 is 5.47. The zero-order chi connectivity index (χ0) is 15.9. The van der Waals surface area contributed by atoms with Crippen LogP contribution in [0.3, 0.4) is 0 Å². The molecule has 118 valence electrons. The monoisotopic (exact) mass is 284 g/mol. The summed E-state index contributed by atoms with van der Waals surface area (Å²) in [6, 6.07) is 0. The molecule has 0 amide bonds. The Bertz CT molecular complexity index is 329. The summed E-state index contributed by atoms with van der Waals surface area (Å²) in [6.45, 7) is 12.2. The van der Waals surface area contributed by atoms with Crippen LogP contribution in [0.4, 0.5) is 0 Å². The number of hydrogen-bond donors (Lipinski definition) is 2. The molecular formula is C17H32O3. The third kappa shape index (κ3) is 6.21. The molecule has 0 unspecified atom stereocenters. The lowest BCUT2D eigenvalue weighted by Gasteiger charge is -2.27. The van der Waals surface area contributed by atoms with E-state index in [-0.39, 0.29) is 30.5 Å². The van der Waals surface area contributed by atoms with Gasteiger partial charge in [-0.1, -0.05) is 38.5 Å². The molecule has 0 heterocycles. The van der Waals surface area contributed by atoms with Crippen molar-refractivity contribution in [2.75, 3.05) is 13.7 Å². The van der Waals surface area contributed by atoms with E-state index in [9.17, 15) is 10.2 Å². The highest BCUT2D eigenvalue weighted by Crippen LogP contribution is 2.22. The molecule has 0 spiro atoms. The van der Waals surface area contributed by atoms with E-state index in [4.69, 9.17) is 4.74 Å². The van der Waals surface area contributed by atoms with Crippen LogP contribution in [-0.4, -0.2) is 36.1 Å². The van der Waals surface area contributed by atoms with E-state index in [2.05, 4.69) is 19.1 Å². The number of hydrogen-bond acceptors (Lipinski definition) is 3. The average Bonchev–Trinajstić information content (AvgIpc) is 2.37. The first kappa shape index (κ1) is 19.4. The zero-order valence-electron chi connectivity index (χ0n) is 14.1. The van der Waals surface area contributed by atoms with Crippen LogP contribution < -0.4 is 0 Å². The Labute approximate surface area is 124 Å².